The summed E-state index contributed by atoms with van der Waals surface area (Å²) in [6.45, 7) is 3.37. The van der Waals surface area contributed by atoms with Gasteiger partial charge < -0.3 is 4.90 Å². The van der Waals surface area contributed by atoms with Gasteiger partial charge in [0.15, 0.2) is 15.0 Å². The molecule has 0 saturated carbocycles. The van der Waals surface area contributed by atoms with E-state index in [-0.39, 0.29) is 9.92 Å². The summed E-state index contributed by atoms with van der Waals surface area (Å²) in [6.07, 6.45) is 1.08. The molecule has 8 heteroatoms. The van der Waals surface area contributed by atoms with Crippen molar-refractivity contribution in [1.29, 1.82) is 0 Å². The fraction of sp³-hybridized carbons (Fsp3) is 0.286. The van der Waals surface area contributed by atoms with E-state index >= 15 is 0 Å². The standard InChI is InChI=1S/C21H20Cl2N2O2S2/c1-14-4-2-3-5-17(14)19-13-28-21(24-19)25-10-8-16(9-11-25)29(26,27)20-7-6-15(22)12-18(20)23/h2-7,12-13,16H,8-11H2,1H3. The van der Waals surface area contributed by atoms with Gasteiger partial charge in [0.05, 0.1) is 20.9 Å². The van der Waals surface area contributed by atoms with E-state index in [1.165, 1.54) is 17.7 Å². The number of nitrogens with zero attached hydrogens (tertiary/aromatic N) is 2. The quantitative estimate of drug-likeness (QED) is 0.482. The molecule has 4 nitrogen and oxygen atoms in total. The second-order valence-corrected chi connectivity index (χ2v) is 11.0. The molecule has 1 fully saturated rings. The van der Waals surface area contributed by atoms with Crippen molar-refractivity contribution in [3.05, 3.63) is 63.5 Å². The summed E-state index contributed by atoms with van der Waals surface area (Å²) in [6, 6.07) is 12.7. The molecule has 1 aromatic heterocycles. The van der Waals surface area contributed by atoms with Crippen molar-refractivity contribution in [2.24, 2.45) is 0 Å². The summed E-state index contributed by atoms with van der Waals surface area (Å²) >= 11 is 13.7. The first kappa shape index (κ1) is 20.7. The third-order valence-corrected chi connectivity index (χ3v) is 9.14. The van der Waals surface area contributed by atoms with Gasteiger partial charge in [0, 0.05) is 29.1 Å². The molecule has 2 heterocycles. The molecule has 0 amide bonds. The number of rotatable bonds is 4. The molecule has 29 heavy (non-hydrogen) atoms. The number of anilines is 1. The smallest absolute Gasteiger partial charge is 0.185 e. The van der Waals surface area contributed by atoms with Gasteiger partial charge in [-0.1, -0.05) is 47.5 Å². The molecular weight excluding hydrogens is 447 g/mol. The Morgan fingerprint density at radius 3 is 2.52 bits per heavy atom. The maximum Gasteiger partial charge on any atom is 0.185 e. The molecule has 0 radical (unpaired) electrons. The third-order valence-electron chi connectivity index (χ3n) is 5.26. The molecule has 0 bridgehead atoms. The third kappa shape index (κ3) is 4.17. The van der Waals surface area contributed by atoms with Crippen LogP contribution in [0.5, 0.6) is 0 Å². The lowest BCUT2D eigenvalue weighted by Gasteiger charge is -2.31. The Morgan fingerprint density at radius 2 is 1.83 bits per heavy atom. The topological polar surface area (TPSA) is 50.3 Å². The number of piperidine rings is 1. The van der Waals surface area contributed by atoms with E-state index in [2.05, 4.69) is 29.3 Å². The molecule has 0 unspecified atom stereocenters. The monoisotopic (exact) mass is 466 g/mol. The van der Waals surface area contributed by atoms with E-state index in [9.17, 15) is 8.42 Å². The highest BCUT2D eigenvalue weighted by Crippen LogP contribution is 2.34. The number of thiazole rings is 1. The minimum atomic E-state index is -3.49. The number of hydrogen-bond acceptors (Lipinski definition) is 5. The first-order valence-electron chi connectivity index (χ1n) is 9.31. The van der Waals surface area contributed by atoms with E-state index in [0.717, 1.165) is 16.4 Å². The molecule has 1 aliphatic rings. The molecule has 152 valence electrons. The predicted molar refractivity (Wildman–Crippen MR) is 121 cm³/mol. The van der Waals surface area contributed by atoms with Crippen LogP contribution in [0.15, 0.2) is 52.7 Å². The molecule has 0 N–H and O–H groups in total. The number of halogens is 2. The second kappa shape index (κ2) is 8.26. The highest BCUT2D eigenvalue weighted by Gasteiger charge is 2.33. The van der Waals surface area contributed by atoms with Crippen LogP contribution in [0.2, 0.25) is 10.0 Å². The molecule has 1 saturated heterocycles. The maximum absolute atomic E-state index is 13.0. The van der Waals surface area contributed by atoms with E-state index < -0.39 is 15.1 Å². The SMILES string of the molecule is Cc1ccccc1-c1csc(N2CCC(S(=O)(=O)c3ccc(Cl)cc3Cl)CC2)n1. The zero-order chi connectivity index (χ0) is 20.6. The van der Waals surface area contributed by atoms with Crippen molar-refractivity contribution in [1.82, 2.24) is 4.98 Å². The van der Waals surface area contributed by atoms with Crippen molar-refractivity contribution in [2.75, 3.05) is 18.0 Å². The molecule has 0 atom stereocenters. The minimum Gasteiger partial charge on any atom is -0.348 e. The lowest BCUT2D eigenvalue weighted by Crippen LogP contribution is -2.39. The highest BCUT2D eigenvalue weighted by atomic mass is 35.5. The van der Waals surface area contributed by atoms with Gasteiger partial charge in [0.2, 0.25) is 0 Å². The van der Waals surface area contributed by atoms with Gasteiger partial charge in [-0.2, -0.15) is 0 Å². The van der Waals surface area contributed by atoms with E-state index in [1.54, 1.807) is 17.4 Å². The highest BCUT2D eigenvalue weighted by molar-refractivity contribution is 7.92. The van der Waals surface area contributed by atoms with E-state index in [1.807, 2.05) is 12.1 Å². The van der Waals surface area contributed by atoms with Crippen LogP contribution in [-0.4, -0.2) is 31.7 Å². The molecular formula is C21H20Cl2N2O2S2. The lowest BCUT2D eigenvalue weighted by atomic mass is 10.1. The molecule has 2 aromatic carbocycles. The summed E-state index contributed by atoms with van der Waals surface area (Å²) in [5, 5.41) is 3.16. The summed E-state index contributed by atoms with van der Waals surface area (Å²) in [7, 11) is -3.49. The van der Waals surface area contributed by atoms with Crippen molar-refractivity contribution >= 4 is 49.5 Å². The number of aryl methyl sites for hydroxylation is 1. The van der Waals surface area contributed by atoms with Gasteiger partial charge in [0.1, 0.15) is 0 Å². The van der Waals surface area contributed by atoms with Gasteiger partial charge >= 0.3 is 0 Å². The van der Waals surface area contributed by atoms with Crippen LogP contribution in [0.4, 0.5) is 5.13 Å². The largest absolute Gasteiger partial charge is 0.348 e. The molecule has 4 rings (SSSR count). The molecule has 0 spiro atoms. The Kier molecular flexibility index (Phi) is 5.89. The molecule has 1 aliphatic heterocycles. The van der Waals surface area contributed by atoms with Gasteiger partial charge in [-0.15, -0.1) is 11.3 Å². The van der Waals surface area contributed by atoms with Crippen LogP contribution in [0, 0.1) is 6.92 Å². The van der Waals surface area contributed by atoms with Gasteiger partial charge in [-0.05, 0) is 43.5 Å². The normalized spacial score (nSPS) is 15.6. The number of sulfone groups is 1. The zero-order valence-corrected chi connectivity index (χ0v) is 19.0. The molecule has 3 aromatic rings. The Bertz CT molecular complexity index is 1140. The van der Waals surface area contributed by atoms with Crippen molar-refractivity contribution in [2.45, 2.75) is 29.9 Å². The van der Waals surface area contributed by atoms with Crippen LogP contribution >= 0.6 is 34.5 Å². The number of aromatic nitrogens is 1. The van der Waals surface area contributed by atoms with Crippen molar-refractivity contribution < 1.29 is 8.42 Å². The van der Waals surface area contributed by atoms with Crippen LogP contribution in [0.3, 0.4) is 0 Å². The van der Waals surface area contributed by atoms with Crippen molar-refractivity contribution in [3.63, 3.8) is 0 Å². The fourth-order valence-corrected chi connectivity index (χ4v) is 7.03. The van der Waals surface area contributed by atoms with Gasteiger partial charge in [-0.25, -0.2) is 13.4 Å². The van der Waals surface area contributed by atoms with E-state index in [4.69, 9.17) is 28.2 Å². The lowest BCUT2D eigenvalue weighted by molar-refractivity contribution is 0.529. The summed E-state index contributed by atoms with van der Waals surface area (Å²) in [4.78, 5) is 7.13. The Hall–Kier alpha value is -1.60. The van der Waals surface area contributed by atoms with Crippen LogP contribution in [-0.2, 0) is 9.84 Å². The number of hydrogen-bond donors (Lipinski definition) is 0. The average Bonchev–Trinajstić information content (AvgIpc) is 3.18. The summed E-state index contributed by atoms with van der Waals surface area (Å²) < 4.78 is 26.1. The summed E-state index contributed by atoms with van der Waals surface area (Å²) in [5.41, 5.74) is 3.28. The average molecular weight is 467 g/mol. The Labute approximate surface area is 185 Å². The predicted octanol–water partition coefficient (Wildman–Crippen LogP) is 5.87. The fourth-order valence-electron chi connectivity index (χ4n) is 3.64. The van der Waals surface area contributed by atoms with Crippen LogP contribution in [0.25, 0.3) is 11.3 Å². The first-order chi connectivity index (χ1) is 13.9. The van der Waals surface area contributed by atoms with Gasteiger partial charge in [0.25, 0.3) is 0 Å². The Morgan fingerprint density at radius 1 is 1.10 bits per heavy atom. The summed E-state index contributed by atoms with van der Waals surface area (Å²) in [5.74, 6) is 0. The zero-order valence-electron chi connectivity index (χ0n) is 15.8. The van der Waals surface area contributed by atoms with Crippen LogP contribution < -0.4 is 4.90 Å². The maximum atomic E-state index is 13.0. The number of benzene rings is 2. The second-order valence-electron chi connectivity index (χ2n) is 7.14. The molecule has 0 aliphatic carbocycles. The Balaban J connectivity index is 1.48. The van der Waals surface area contributed by atoms with Gasteiger partial charge in [-0.3, -0.25) is 0 Å². The van der Waals surface area contributed by atoms with Crippen molar-refractivity contribution in [3.8, 4) is 11.3 Å². The van der Waals surface area contributed by atoms with Crippen LogP contribution in [0.1, 0.15) is 18.4 Å². The minimum absolute atomic E-state index is 0.165. The first-order valence-corrected chi connectivity index (χ1v) is 12.5. The van der Waals surface area contributed by atoms with E-state index in [0.29, 0.717) is 31.0 Å².